The summed E-state index contributed by atoms with van der Waals surface area (Å²) in [6.07, 6.45) is 0. The second-order valence-electron chi connectivity index (χ2n) is 5.68. The van der Waals surface area contributed by atoms with Gasteiger partial charge < -0.3 is 24.3 Å². The number of azo groups is 1. The Morgan fingerprint density at radius 3 is 2.74 bits per heavy atom. The molecule has 1 amide bonds. The smallest absolute Gasteiger partial charge is 0.302 e. The van der Waals surface area contributed by atoms with Crippen molar-refractivity contribution in [1.29, 1.82) is 0 Å². The Morgan fingerprint density at radius 2 is 1.96 bits per heavy atom. The molecule has 9 heteroatoms. The third kappa shape index (κ3) is 3.52. The SMILES string of the molecule is O=C(COc1ccccc1Cl)N=Nc1c(O)[nH]c2cc3c(cc12)OCCO3. The number of ether oxygens (including phenoxy) is 3. The van der Waals surface area contributed by atoms with E-state index in [0.29, 0.717) is 46.4 Å². The molecule has 1 aliphatic heterocycles. The molecule has 1 aromatic heterocycles. The van der Waals surface area contributed by atoms with E-state index >= 15 is 0 Å². The van der Waals surface area contributed by atoms with Crippen LogP contribution in [-0.4, -0.2) is 35.8 Å². The maximum Gasteiger partial charge on any atom is 0.302 e. The summed E-state index contributed by atoms with van der Waals surface area (Å²) >= 11 is 5.96. The molecule has 2 aromatic carbocycles. The van der Waals surface area contributed by atoms with Crippen molar-refractivity contribution in [3.63, 3.8) is 0 Å². The molecule has 0 fully saturated rings. The molecule has 0 radical (unpaired) electrons. The summed E-state index contributed by atoms with van der Waals surface area (Å²) in [5.74, 6) is 0.652. The molecule has 0 saturated carbocycles. The molecule has 0 saturated heterocycles. The molecule has 0 unspecified atom stereocenters. The van der Waals surface area contributed by atoms with Crippen LogP contribution in [0.4, 0.5) is 5.69 Å². The molecule has 2 heterocycles. The van der Waals surface area contributed by atoms with Crippen LogP contribution in [0.2, 0.25) is 5.02 Å². The Labute approximate surface area is 158 Å². The van der Waals surface area contributed by atoms with Gasteiger partial charge in [0.05, 0.1) is 10.5 Å². The normalized spacial score (nSPS) is 13.2. The van der Waals surface area contributed by atoms with Gasteiger partial charge in [-0.15, -0.1) is 10.2 Å². The van der Waals surface area contributed by atoms with Crippen molar-refractivity contribution in [3.05, 3.63) is 41.4 Å². The maximum atomic E-state index is 11.9. The molecule has 4 rings (SSSR count). The second kappa shape index (κ2) is 7.16. The van der Waals surface area contributed by atoms with Gasteiger partial charge in [0.25, 0.3) is 0 Å². The van der Waals surface area contributed by atoms with Crippen LogP contribution in [0.25, 0.3) is 10.9 Å². The average molecular weight is 388 g/mol. The molecule has 138 valence electrons. The van der Waals surface area contributed by atoms with Crippen molar-refractivity contribution in [3.8, 4) is 23.1 Å². The fourth-order valence-electron chi connectivity index (χ4n) is 2.64. The van der Waals surface area contributed by atoms with Gasteiger partial charge in [-0.25, -0.2) is 0 Å². The number of H-pyrrole nitrogens is 1. The number of para-hydroxylation sites is 1. The van der Waals surface area contributed by atoms with E-state index in [1.54, 1.807) is 36.4 Å². The number of aromatic amines is 1. The molecule has 27 heavy (non-hydrogen) atoms. The van der Waals surface area contributed by atoms with E-state index in [2.05, 4.69) is 15.2 Å². The Kier molecular flexibility index (Phi) is 4.55. The van der Waals surface area contributed by atoms with Crippen molar-refractivity contribution in [2.24, 2.45) is 10.2 Å². The number of hydrogen-bond acceptors (Lipinski definition) is 6. The Bertz CT molecular complexity index is 1050. The number of fused-ring (bicyclic) bond motifs is 2. The molecule has 8 nitrogen and oxygen atoms in total. The summed E-state index contributed by atoms with van der Waals surface area (Å²) in [5.41, 5.74) is 0.721. The van der Waals surface area contributed by atoms with Gasteiger partial charge in [-0.1, -0.05) is 23.7 Å². The fraction of sp³-hybridized carbons (Fsp3) is 0.167. The van der Waals surface area contributed by atoms with Crippen LogP contribution in [-0.2, 0) is 4.79 Å². The molecule has 0 atom stereocenters. The Morgan fingerprint density at radius 1 is 1.22 bits per heavy atom. The minimum atomic E-state index is -0.624. The highest BCUT2D eigenvalue weighted by atomic mass is 35.5. The van der Waals surface area contributed by atoms with Gasteiger partial charge in [-0.2, -0.15) is 0 Å². The first-order valence-electron chi connectivity index (χ1n) is 8.08. The van der Waals surface area contributed by atoms with Crippen molar-refractivity contribution >= 4 is 34.1 Å². The van der Waals surface area contributed by atoms with E-state index in [4.69, 9.17) is 25.8 Å². The highest BCUT2D eigenvalue weighted by Gasteiger charge is 2.18. The zero-order chi connectivity index (χ0) is 18.8. The first-order valence-corrected chi connectivity index (χ1v) is 8.46. The number of nitrogens with one attached hydrogen (secondary N) is 1. The van der Waals surface area contributed by atoms with Gasteiger partial charge in [0.1, 0.15) is 19.0 Å². The minimum absolute atomic E-state index is 0.132. The first-order chi connectivity index (χ1) is 13.1. The highest BCUT2D eigenvalue weighted by Crippen LogP contribution is 2.42. The zero-order valence-electron chi connectivity index (χ0n) is 13.9. The number of aromatic hydroxyl groups is 1. The largest absolute Gasteiger partial charge is 0.493 e. The summed E-state index contributed by atoms with van der Waals surface area (Å²) in [5, 5.41) is 18.5. The highest BCUT2D eigenvalue weighted by molar-refractivity contribution is 6.32. The third-order valence-corrected chi connectivity index (χ3v) is 4.18. The quantitative estimate of drug-likeness (QED) is 0.658. The fourth-order valence-corrected chi connectivity index (χ4v) is 2.83. The topological polar surface area (TPSA) is 106 Å². The number of benzene rings is 2. The van der Waals surface area contributed by atoms with Crippen molar-refractivity contribution in [2.45, 2.75) is 0 Å². The van der Waals surface area contributed by atoms with Crippen LogP contribution >= 0.6 is 11.6 Å². The zero-order valence-corrected chi connectivity index (χ0v) is 14.7. The number of carbonyl (C=O) groups excluding carboxylic acids is 1. The standard InChI is InChI=1S/C18H14ClN3O5/c19-11-3-1-2-4-13(11)27-9-16(23)21-22-17-10-7-14-15(26-6-5-25-14)8-12(10)20-18(17)24/h1-4,7-8,20,24H,5-6,9H2. The molecule has 1 aliphatic rings. The van der Waals surface area contributed by atoms with E-state index in [1.807, 2.05) is 0 Å². The number of amides is 1. The van der Waals surface area contributed by atoms with E-state index in [-0.39, 0.29) is 18.2 Å². The average Bonchev–Trinajstić information content (AvgIpc) is 2.97. The van der Waals surface area contributed by atoms with E-state index < -0.39 is 5.91 Å². The van der Waals surface area contributed by atoms with E-state index in [1.165, 1.54) is 0 Å². The van der Waals surface area contributed by atoms with Gasteiger partial charge in [0.2, 0.25) is 5.88 Å². The lowest BCUT2D eigenvalue weighted by atomic mass is 10.2. The summed E-state index contributed by atoms with van der Waals surface area (Å²) in [4.78, 5) is 14.7. The van der Waals surface area contributed by atoms with Crippen LogP contribution in [0.3, 0.4) is 0 Å². The predicted molar refractivity (Wildman–Crippen MR) is 97.4 cm³/mol. The lowest BCUT2D eigenvalue weighted by Gasteiger charge is -2.17. The maximum absolute atomic E-state index is 11.9. The number of nitrogens with zero attached hydrogens (tertiary/aromatic N) is 2. The molecular formula is C18H14ClN3O5. The van der Waals surface area contributed by atoms with Crippen molar-refractivity contribution < 1.29 is 24.1 Å². The summed E-state index contributed by atoms with van der Waals surface area (Å²) in [6, 6.07) is 10.2. The molecular weight excluding hydrogens is 374 g/mol. The van der Waals surface area contributed by atoms with Crippen molar-refractivity contribution in [1.82, 2.24) is 4.98 Å². The van der Waals surface area contributed by atoms with Crippen LogP contribution in [0, 0.1) is 0 Å². The van der Waals surface area contributed by atoms with Gasteiger partial charge in [-0.3, -0.25) is 4.79 Å². The molecule has 3 aromatic rings. The summed E-state index contributed by atoms with van der Waals surface area (Å²) < 4.78 is 16.3. The van der Waals surface area contributed by atoms with Crippen LogP contribution in [0.5, 0.6) is 23.1 Å². The first kappa shape index (κ1) is 17.2. The van der Waals surface area contributed by atoms with Crippen LogP contribution < -0.4 is 14.2 Å². The third-order valence-electron chi connectivity index (χ3n) is 3.86. The van der Waals surface area contributed by atoms with Crippen LogP contribution in [0.1, 0.15) is 0 Å². The number of halogens is 1. The molecule has 0 bridgehead atoms. The Balaban J connectivity index is 1.53. The number of carbonyl (C=O) groups is 1. The van der Waals surface area contributed by atoms with Crippen molar-refractivity contribution in [2.75, 3.05) is 19.8 Å². The van der Waals surface area contributed by atoms with Gasteiger partial charge in [0, 0.05) is 11.5 Å². The predicted octanol–water partition coefficient (Wildman–Crippen LogP) is 3.99. The lowest BCUT2D eigenvalue weighted by molar-refractivity contribution is -0.120. The molecule has 0 aliphatic carbocycles. The summed E-state index contributed by atoms with van der Waals surface area (Å²) in [7, 11) is 0. The monoisotopic (exact) mass is 387 g/mol. The number of aromatic nitrogens is 1. The molecule has 2 N–H and O–H groups in total. The van der Waals surface area contributed by atoms with E-state index in [9.17, 15) is 9.90 Å². The second-order valence-corrected chi connectivity index (χ2v) is 6.08. The van der Waals surface area contributed by atoms with Crippen LogP contribution in [0.15, 0.2) is 46.6 Å². The van der Waals surface area contributed by atoms with Gasteiger partial charge >= 0.3 is 5.91 Å². The van der Waals surface area contributed by atoms with Gasteiger partial charge in [-0.05, 0) is 18.2 Å². The lowest BCUT2D eigenvalue weighted by Crippen LogP contribution is -2.15. The van der Waals surface area contributed by atoms with Gasteiger partial charge in [0.15, 0.2) is 23.8 Å². The van der Waals surface area contributed by atoms with E-state index in [0.717, 1.165) is 0 Å². The summed E-state index contributed by atoms with van der Waals surface area (Å²) in [6.45, 7) is 0.560. The Hall–Kier alpha value is -3.26. The number of hydrogen-bond donors (Lipinski definition) is 2. The molecule has 0 spiro atoms. The minimum Gasteiger partial charge on any atom is -0.493 e. The number of rotatable bonds is 4.